The number of carbonyl (C=O) groups excluding carboxylic acids is 1. The minimum Gasteiger partial charge on any atom is -0.469 e. The molecule has 14 heavy (non-hydrogen) atoms. The van der Waals surface area contributed by atoms with Gasteiger partial charge in [-0.2, -0.15) is 0 Å². The van der Waals surface area contributed by atoms with Gasteiger partial charge in [0, 0.05) is 19.2 Å². The summed E-state index contributed by atoms with van der Waals surface area (Å²) in [6, 6.07) is 0.419. The third-order valence-corrected chi connectivity index (χ3v) is 2.70. The van der Waals surface area contributed by atoms with E-state index >= 15 is 0 Å². The SMILES string of the molecule is COC(=O)CCNC(C)C1CCOC1. The zero-order chi connectivity index (χ0) is 10.4. The van der Waals surface area contributed by atoms with Crippen LogP contribution in [0.25, 0.3) is 0 Å². The maximum absolute atomic E-state index is 10.8. The van der Waals surface area contributed by atoms with Gasteiger partial charge < -0.3 is 14.8 Å². The van der Waals surface area contributed by atoms with Gasteiger partial charge in [0.25, 0.3) is 0 Å². The van der Waals surface area contributed by atoms with Crippen LogP contribution in [0.3, 0.4) is 0 Å². The fourth-order valence-electron chi connectivity index (χ4n) is 1.62. The summed E-state index contributed by atoms with van der Waals surface area (Å²) in [4.78, 5) is 10.8. The monoisotopic (exact) mass is 201 g/mol. The molecule has 1 rings (SSSR count). The molecule has 0 aromatic heterocycles. The molecule has 4 nitrogen and oxygen atoms in total. The van der Waals surface area contributed by atoms with Crippen molar-refractivity contribution in [3.63, 3.8) is 0 Å². The van der Waals surface area contributed by atoms with E-state index in [1.54, 1.807) is 0 Å². The molecule has 0 amide bonds. The van der Waals surface area contributed by atoms with E-state index in [-0.39, 0.29) is 5.97 Å². The van der Waals surface area contributed by atoms with Gasteiger partial charge in [0.1, 0.15) is 0 Å². The van der Waals surface area contributed by atoms with Crippen LogP contribution in [0.5, 0.6) is 0 Å². The number of ether oxygens (including phenoxy) is 2. The number of nitrogens with one attached hydrogen (secondary N) is 1. The first-order valence-corrected chi connectivity index (χ1v) is 5.12. The number of rotatable bonds is 5. The van der Waals surface area contributed by atoms with Crippen molar-refractivity contribution in [3.05, 3.63) is 0 Å². The molecule has 1 heterocycles. The van der Waals surface area contributed by atoms with E-state index < -0.39 is 0 Å². The van der Waals surface area contributed by atoms with Crippen molar-refractivity contribution < 1.29 is 14.3 Å². The summed E-state index contributed by atoms with van der Waals surface area (Å²) in [5, 5.41) is 3.31. The Morgan fingerprint density at radius 2 is 2.50 bits per heavy atom. The molecule has 1 aliphatic rings. The highest BCUT2D eigenvalue weighted by atomic mass is 16.5. The zero-order valence-electron chi connectivity index (χ0n) is 8.91. The minimum absolute atomic E-state index is 0.160. The third kappa shape index (κ3) is 3.64. The molecule has 2 atom stereocenters. The lowest BCUT2D eigenvalue weighted by atomic mass is 10.0. The first-order chi connectivity index (χ1) is 6.74. The van der Waals surface area contributed by atoms with Crippen molar-refractivity contribution in [1.29, 1.82) is 0 Å². The summed E-state index contributed by atoms with van der Waals surface area (Å²) in [5.41, 5.74) is 0. The molecule has 0 aliphatic carbocycles. The lowest BCUT2D eigenvalue weighted by molar-refractivity contribution is -0.140. The minimum atomic E-state index is -0.160. The lowest BCUT2D eigenvalue weighted by Crippen LogP contribution is -2.35. The first-order valence-electron chi connectivity index (χ1n) is 5.12. The fraction of sp³-hybridized carbons (Fsp3) is 0.900. The van der Waals surface area contributed by atoms with Crippen LogP contribution in [0, 0.1) is 5.92 Å². The van der Waals surface area contributed by atoms with Crippen molar-refractivity contribution in [2.45, 2.75) is 25.8 Å². The Hall–Kier alpha value is -0.610. The average molecular weight is 201 g/mol. The average Bonchev–Trinajstić information content (AvgIpc) is 2.70. The van der Waals surface area contributed by atoms with Crippen LogP contribution in [0.4, 0.5) is 0 Å². The molecule has 1 aliphatic heterocycles. The molecule has 0 radical (unpaired) electrons. The van der Waals surface area contributed by atoms with Crippen molar-refractivity contribution in [1.82, 2.24) is 5.32 Å². The van der Waals surface area contributed by atoms with Gasteiger partial charge in [0.2, 0.25) is 0 Å². The maximum atomic E-state index is 10.8. The van der Waals surface area contributed by atoms with E-state index in [2.05, 4.69) is 17.0 Å². The first kappa shape index (κ1) is 11.5. The van der Waals surface area contributed by atoms with E-state index in [1.165, 1.54) is 7.11 Å². The van der Waals surface area contributed by atoms with Gasteiger partial charge >= 0.3 is 5.97 Å². The molecule has 0 aromatic carbocycles. The van der Waals surface area contributed by atoms with Crippen LogP contribution in [-0.2, 0) is 14.3 Å². The standard InChI is InChI=1S/C10H19NO3/c1-8(9-4-6-14-7-9)11-5-3-10(12)13-2/h8-9,11H,3-7H2,1-2H3. The number of methoxy groups -OCH3 is 1. The summed E-state index contributed by atoms with van der Waals surface area (Å²) in [7, 11) is 1.41. The highest BCUT2D eigenvalue weighted by Crippen LogP contribution is 2.16. The maximum Gasteiger partial charge on any atom is 0.306 e. The largest absolute Gasteiger partial charge is 0.469 e. The number of esters is 1. The highest BCUT2D eigenvalue weighted by Gasteiger charge is 2.21. The quantitative estimate of drug-likeness (QED) is 0.660. The summed E-state index contributed by atoms with van der Waals surface area (Å²) in [6.07, 6.45) is 1.56. The van der Waals surface area contributed by atoms with Crippen LogP contribution >= 0.6 is 0 Å². The Bertz CT molecular complexity index is 178. The van der Waals surface area contributed by atoms with Crippen LogP contribution in [0.15, 0.2) is 0 Å². The number of hydrogen-bond acceptors (Lipinski definition) is 4. The van der Waals surface area contributed by atoms with Gasteiger partial charge in [-0.05, 0) is 19.3 Å². The molecule has 0 aromatic rings. The molecule has 0 bridgehead atoms. The summed E-state index contributed by atoms with van der Waals surface area (Å²) in [5.74, 6) is 0.431. The van der Waals surface area contributed by atoms with Crippen LogP contribution < -0.4 is 5.32 Å². The molecular formula is C10H19NO3. The Kier molecular flexibility index (Phi) is 4.90. The van der Waals surface area contributed by atoms with Gasteiger partial charge in [0.05, 0.1) is 20.1 Å². The molecule has 1 saturated heterocycles. The normalized spacial score (nSPS) is 23.4. The fourth-order valence-corrected chi connectivity index (χ4v) is 1.62. The second-order valence-electron chi connectivity index (χ2n) is 3.69. The Morgan fingerprint density at radius 1 is 1.71 bits per heavy atom. The van der Waals surface area contributed by atoms with E-state index in [0.29, 0.717) is 24.9 Å². The van der Waals surface area contributed by atoms with Gasteiger partial charge in [-0.3, -0.25) is 4.79 Å². The van der Waals surface area contributed by atoms with Gasteiger partial charge in [-0.25, -0.2) is 0 Å². The van der Waals surface area contributed by atoms with Crippen LogP contribution in [0.2, 0.25) is 0 Å². The summed E-state index contributed by atoms with van der Waals surface area (Å²) in [6.45, 7) is 4.53. The molecular weight excluding hydrogens is 182 g/mol. The smallest absolute Gasteiger partial charge is 0.306 e. The van der Waals surface area contributed by atoms with Gasteiger partial charge in [0.15, 0.2) is 0 Å². The molecule has 2 unspecified atom stereocenters. The summed E-state index contributed by atoms with van der Waals surface area (Å²) >= 11 is 0. The van der Waals surface area contributed by atoms with Crippen molar-refractivity contribution in [2.24, 2.45) is 5.92 Å². The number of carbonyl (C=O) groups is 1. The highest BCUT2D eigenvalue weighted by molar-refractivity contribution is 5.69. The van der Waals surface area contributed by atoms with Crippen molar-refractivity contribution in [3.8, 4) is 0 Å². The van der Waals surface area contributed by atoms with Crippen LogP contribution in [0.1, 0.15) is 19.8 Å². The molecule has 82 valence electrons. The van der Waals surface area contributed by atoms with E-state index in [0.717, 1.165) is 19.6 Å². The Morgan fingerprint density at radius 3 is 3.07 bits per heavy atom. The lowest BCUT2D eigenvalue weighted by Gasteiger charge is -2.18. The Labute approximate surface area is 85.0 Å². The van der Waals surface area contributed by atoms with Gasteiger partial charge in [-0.1, -0.05) is 0 Å². The van der Waals surface area contributed by atoms with E-state index in [9.17, 15) is 4.79 Å². The van der Waals surface area contributed by atoms with Gasteiger partial charge in [-0.15, -0.1) is 0 Å². The predicted octanol–water partition coefficient (Wildman–Crippen LogP) is 0.564. The topological polar surface area (TPSA) is 47.6 Å². The Balaban J connectivity index is 2.08. The predicted molar refractivity (Wildman–Crippen MR) is 53.0 cm³/mol. The second-order valence-corrected chi connectivity index (χ2v) is 3.69. The molecule has 0 spiro atoms. The van der Waals surface area contributed by atoms with E-state index in [4.69, 9.17) is 4.74 Å². The molecule has 4 heteroatoms. The molecule has 1 N–H and O–H groups in total. The van der Waals surface area contributed by atoms with E-state index in [1.807, 2.05) is 0 Å². The zero-order valence-corrected chi connectivity index (χ0v) is 8.91. The number of hydrogen-bond donors (Lipinski definition) is 1. The third-order valence-electron chi connectivity index (χ3n) is 2.70. The summed E-state index contributed by atoms with van der Waals surface area (Å²) < 4.78 is 9.85. The molecule has 1 fully saturated rings. The van der Waals surface area contributed by atoms with Crippen LogP contribution in [-0.4, -0.2) is 38.9 Å². The van der Waals surface area contributed by atoms with Crippen molar-refractivity contribution >= 4 is 5.97 Å². The molecule has 0 saturated carbocycles. The van der Waals surface area contributed by atoms with Crippen molar-refractivity contribution in [2.75, 3.05) is 26.9 Å². The second kappa shape index (κ2) is 5.98.